The molecule has 3 aromatic rings. The molecule has 0 heterocycles. The Balaban J connectivity index is 0.000000565. The molecule has 0 aliphatic heterocycles. The predicted molar refractivity (Wildman–Crippen MR) is 269 cm³/mol. The third-order valence-electron chi connectivity index (χ3n) is 9.67. The number of hydrogen-bond acceptors (Lipinski definition) is 12. The molecule has 0 radical (unpaired) electrons. The third kappa shape index (κ3) is 24.2. The number of rotatable bonds is 19. The minimum atomic E-state index is -0.773. The van der Waals surface area contributed by atoms with E-state index in [0.29, 0.717) is 30.6 Å². The van der Waals surface area contributed by atoms with Crippen molar-refractivity contribution in [3.63, 3.8) is 0 Å². The molecule has 0 saturated heterocycles. The lowest BCUT2D eigenvalue weighted by molar-refractivity contribution is -0.123. The van der Waals surface area contributed by atoms with Crippen LogP contribution in [0.15, 0.2) is 66.7 Å². The zero-order valence-corrected chi connectivity index (χ0v) is 42.1. The van der Waals surface area contributed by atoms with Crippen LogP contribution in [-0.2, 0) is 41.7 Å². The van der Waals surface area contributed by atoms with Crippen LogP contribution in [0, 0.1) is 18.3 Å². The van der Waals surface area contributed by atoms with Gasteiger partial charge in [-0.1, -0.05) is 94.6 Å². The molecule has 70 heavy (non-hydrogen) atoms. The van der Waals surface area contributed by atoms with Gasteiger partial charge in [-0.05, 0) is 92.1 Å². The van der Waals surface area contributed by atoms with Gasteiger partial charge in [0.15, 0.2) is 6.61 Å². The van der Waals surface area contributed by atoms with E-state index in [0.717, 1.165) is 36.0 Å². The molecule has 1 aliphatic rings. The fraction of sp³-hybridized carbons (Fsp3) is 0.471. The quantitative estimate of drug-likeness (QED) is 0.0308. The first-order chi connectivity index (χ1) is 33.2. The van der Waals surface area contributed by atoms with E-state index in [1.54, 1.807) is 46.1 Å². The van der Waals surface area contributed by atoms with E-state index >= 15 is 0 Å². The monoisotopic (exact) mass is 975 g/mol. The highest BCUT2D eigenvalue weighted by molar-refractivity contribution is 5.92. The number of terminal acetylenes is 1. The summed E-state index contributed by atoms with van der Waals surface area (Å²) in [4.78, 5) is 79.9. The molecule has 3 aromatic carbocycles. The molecule has 4 rings (SSSR count). The van der Waals surface area contributed by atoms with Crippen LogP contribution in [0.4, 0.5) is 24.9 Å². The predicted octanol–water partition coefficient (Wildman–Crippen LogP) is 5.78. The van der Waals surface area contributed by atoms with E-state index in [9.17, 15) is 38.7 Å². The summed E-state index contributed by atoms with van der Waals surface area (Å²) in [6, 6.07) is 20.7. The average Bonchev–Trinajstić information content (AvgIpc) is 3.63. The first-order valence-corrected chi connectivity index (χ1v) is 23.1. The van der Waals surface area contributed by atoms with Gasteiger partial charge in [0.05, 0.1) is 19.2 Å². The van der Waals surface area contributed by atoms with E-state index < -0.39 is 35.8 Å². The molecular weight excluding hydrogens is 901 g/mol. The number of aldehydes is 1. The first-order valence-electron chi connectivity index (χ1n) is 23.1. The Morgan fingerprint density at radius 3 is 1.97 bits per heavy atom. The number of carbonyl (C=O) groups excluding carboxylic acids is 7. The minimum absolute atomic E-state index is 0.00941. The van der Waals surface area contributed by atoms with Crippen LogP contribution in [0.2, 0.25) is 0 Å². The van der Waals surface area contributed by atoms with Crippen LogP contribution >= 0.6 is 0 Å². The Hall–Kier alpha value is -7.17. The zero-order valence-electron chi connectivity index (χ0n) is 42.1. The number of nitrogens with one attached hydrogen (secondary N) is 6. The van der Waals surface area contributed by atoms with Crippen molar-refractivity contribution in [2.75, 3.05) is 58.8 Å². The van der Waals surface area contributed by atoms with Gasteiger partial charge in [0, 0.05) is 38.3 Å². The number of benzene rings is 3. The molecular formula is C51H74N8O11. The largest absolute Gasteiger partial charge is 0.448 e. The Morgan fingerprint density at radius 1 is 0.843 bits per heavy atom. The van der Waals surface area contributed by atoms with Crippen molar-refractivity contribution in [1.29, 1.82) is 0 Å². The summed E-state index contributed by atoms with van der Waals surface area (Å²) in [6.45, 7) is 14.7. The highest BCUT2D eigenvalue weighted by Gasteiger charge is 2.29. The van der Waals surface area contributed by atoms with E-state index in [1.807, 2.05) is 52.0 Å². The van der Waals surface area contributed by atoms with Gasteiger partial charge >= 0.3 is 24.3 Å². The van der Waals surface area contributed by atoms with Gasteiger partial charge in [0.1, 0.15) is 25.0 Å². The number of primary amides is 1. The average molecular weight is 975 g/mol. The lowest BCUT2D eigenvalue weighted by atomic mass is 9.98. The molecule has 1 atom stereocenters. The molecule has 0 bridgehead atoms. The second-order valence-electron chi connectivity index (χ2n) is 17.1. The van der Waals surface area contributed by atoms with Crippen molar-refractivity contribution in [3.8, 4) is 23.5 Å². The Morgan fingerprint density at radius 2 is 1.47 bits per heavy atom. The normalized spacial score (nSPS) is 11.3. The van der Waals surface area contributed by atoms with Crippen molar-refractivity contribution < 1.29 is 52.9 Å². The molecule has 0 aromatic heterocycles. The van der Waals surface area contributed by atoms with E-state index in [4.69, 9.17) is 21.6 Å². The summed E-state index contributed by atoms with van der Waals surface area (Å²) in [5.41, 5.74) is 11.0. The van der Waals surface area contributed by atoms with Crippen LogP contribution in [0.25, 0.3) is 11.1 Å². The molecule has 0 fully saturated rings. The second kappa shape index (κ2) is 33.3. The number of alkyl carbamates (subject to hydrolysis) is 2. The fourth-order valence-corrected chi connectivity index (χ4v) is 6.23. The number of aliphatic hydroxyl groups excluding tert-OH is 1. The number of carbonyl (C=O) groups is 7. The summed E-state index contributed by atoms with van der Waals surface area (Å²) in [5.74, 6) is 1.46. The number of fused-ring (bicyclic) bond motifs is 3. The molecule has 384 valence electrons. The van der Waals surface area contributed by atoms with Crippen LogP contribution in [0.5, 0.6) is 0 Å². The van der Waals surface area contributed by atoms with Crippen LogP contribution in [0.1, 0.15) is 95.9 Å². The number of likely N-dealkylation sites (N-methyl/N-ethyl adjacent to an activating group) is 1. The molecule has 1 unspecified atom stereocenters. The number of anilines is 1. The highest BCUT2D eigenvalue weighted by atomic mass is 16.6. The number of hydrogen-bond donors (Lipinski definition) is 8. The molecule has 7 amide bonds. The van der Waals surface area contributed by atoms with Crippen LogP contribution in [0.3, 0.4) is 0 Å². The van der Waals surface area contributed by atoms with Crippen molar-refractivity contribution in [3.05, 3.63) is 89.0 Å². The smallest absolute Gasteiger partial charge is 0.409 e. The number of ether oxygens (including phenoxy) is 3. The van der Waals surface area contributed by atoms with Gasteiger partial charge in [-0.3, -0.25) is 9.59 Å². The maximum atomic E-state index is 12.8. The highest BCUT2D eigenvalue weighted by Crippen LogP contribution is 2.44. The SMILES string of the molecule is C#CCOC(=O)NCC(=O)NC(C=O)C(C)C.CCCCNC(=O)OC(C)(C)C.CCCNC(N)=O.CNCC(=O)Nc1ccc(CO)c(CN(C)C(=O)OCC2c3ccccc3-c3ccccc32)c1. The topological polar surface area (TPSA) is 269 Å². The first kappa shape index (κ1) is 60.8. The van der Waals surface area contributed by atoms with E-state index in [2.05, 4.69) is 73.7 Å². The van der Waals surface area contributed by atoms with Crippen molar-refractivity contribution in [2.24, 2.45) is 11.7 Å². The molecule has 9 N–H and O–H groups in total. The standard InChI is InChI=1S/C27H29N3O4.C11H16N2O4.C9H19NO2.C4H10N2O/c1-28-14-26(32)29-20-12-11-18(16-31)19(13-20)15-30(2)27(33)34-17-25-23-9-5-3-7-21(23)22-8-4-6-10-24(22)25;1-4-5-17-11(16)12-6-10(15)13-9(7-14)8(2)3;1-5-6-7-10-8(11)12-9(2,3)4;1-2-3-6-4(5)7/h3-13,25,28,31H,14-17H2,1-2H3,(H,29,32);1,7-9H,5-6H2,2-3H3,(H,12,16)(H,13,15);5-7H2,1-4H3,(H,10,11);2-3H2,1H3,(H3,5,6,7). The van der Waals surface area contributed by atoms with Crippen molar-refractivity contribution >= 4 is 48.1 Å². The fourth-order valence-electron chi connectivity index (χ4n) is 6.23. The number of urea groups is 1. The number of unbranched alkanes of at least 4 members (excludes halogenated alkanes) is 1. The van der Waals surface area contributed by atoms with Gasteiger partial charge in [-0.15, -0.1) is 6.42 Å². The van der Waals surface area contributed by atoms with E-state index in [1.165, 1.54) is 16.0 Å². The third-order valence-corrected chi connectivity index (χ3v) is 9.67. The summed E-state index contributed by atoms with van der Waals surface area (Å²) in [5, 5.41) is 25.1. The van der Waals surface area contributed by atoms with Crippen LogP contribution < -0.4 is 37.6 Å². The maximum absolute atomic E-state index is 12.8. The van der Waals surface area contributed by atoms with Gasteiger partial charge < -0.3 is 66.6 Å². The molecule has 0 saturated carbocycles. The van der Waals surface area contributed by atoms with Gasteiger partial charge in [0.25, 0.3) is 0 Å². The van der Waals surface area contributed by atoms with Gasteiger partial charge in [0.2, 0.25) is 11.8 Å². The van der Waals surface area contributed by atoms with E-state index in [-0.39, 0.29) is 63.3 Å². The summed E-state index contributed by atoms with van der Waals surface area (Å²) in [6.07, 6.45) is 7.00. The lowest BCUT2D eigenvalue weighted by Crippen LogP contribution is -2.45. The Bertz CT molecular complexity index is 2130. The molecule has 19 nitrogen and oxygen atoms in total. The summed E-state index contributed by atoms with van der Waals surface area (Å²) in [7, 11) is 3.36. The van der Waals surface area contributed by atoms with Crippen molar-refractivity contribution in [2.45, 2.75) is 98.4 Å². The van der Waals surface area contributed by atoms with Gasteiger partial charge in [-0.2, -0.15) is 0 Å². The molecule has 19 heteroatoms. The Labute approximate surface area is 412 Å². The van der Waals surface area contributed by atoms with Crippen molar-refractivity contribution in [1.82, 2.24) is 31.5 Å². The second-order valence-corrected chi connectivity index (χ2v) is 17.1. The summed E-state index contributed by atoms with van der Waals surface area (Å²) >= 11 is 0. The number of nitrogens with two attached hydrogens (primary N) is 1. The number of nitrogens with zero attached hydrogens (tertiary/aromatic N) is 1. The number of amides is 7. The van der Waals surface area contributed by atoms with Crippen LogP contribution in [-0.4, -0.2) is 118 Å². The number of aliphatic hydroxyl groups is 1. The lowest BCUT2D eigenvalue weighted by Gasteiger charge is -2.21. The summed E-state index contributed by atoms with van der Waals surface area (Å²) < 4.78 is 15.2. The molecule has 1 aliphatic carbocycles. The Kier molecular flexibility index (Phi) is 29.0. The zero-order chi connectivity index (χ0) is 52.6. The minimum Gasteiger partial charge on any atom is -0.448 e. The maximum Gasteiger partial charge on any atom is 0.409 e. The van der Waals surface area contributed by atoms with Gasteiger partial charge in [-0.25, -0.2) is 19.2 Å². The molecule has 0 spiro atoms.